The molecule has 206 valence electrons. The Kier molecular flexibility index (Phi) is 8.76. The van der Waals surface area contributed by atoms with Crippen molar-refractivity contribution in [3.63, 3.8) is 0 Å². The van der Waals surface area contributed by atoms with Crippen LogP contribution in [0.1, 0.15) is 92.2 Å². The lowest BCUT2D eigenvalue weighted by Gasteiger charge is -2.34. The number of rotatable bonds is 9. The van der Waals surface area contributed by atoms with Crippen LogP contribution in [0.5, 0.6) is 0 Å². The minimum absolute atomic E-state index is 0.158. The molecule has 1 fully saturated rings. The largest absolute Gasteiger partial charge is 0.481 e. The van der Waals surface area contributed by atoms with Gasteiger partial charge < -0.3 is 10.2 Å². The predicted molar refractivity (Wildman–Crippen MR) is 158 cm³/mol. The highest BCUT2D eigenvalue weighted by atomic mass is 19.1. The van der Waals surface area contributed by atoms with Gasteiger partial charge in [0, 0.05) is 5.41 Å². The van der Waals surface area contributed by atoms with Gasteiger partial charge >= 0.3 is 5.97 Å². The predicted octanol–water partition coefficient (Wildman–Crippen LogP) is 8.55. The second kappa shape index (κ2) is 11.9. The Morgan fingerprint density at radius 1 is 0.923 bits per heavy atom. The average Bonchev–Trinajstić information content (AvgIpc) is 2.91. The molecular weight excluding hydrogens is 487 g/mol. The van der Waals surface area contributed by atoms with E-state index in [9.17, 15) is 14.3 Å². The van der Waals surface area contributed by atoms with E-state index in [2.05, 4.69) is 63.2 Å². The van der Waals surface area contributed by atoms with E-state index in [0.29, 0.717) is 0 Å². The van der Waals surface area contributed by atoms with E-state index < -0.39 is 17.4 Å². The zero-order chi connectivity index (χ0) is 28.2. The van der Waals surface area contributed by atoms with Crippen molar-refractivity contribution in [1.29, 1.82) is 0 Å². The number of aryl methyl sites for hydroxylation is 2. The molecule has 3 aromatic rings. The van der Waals surface area contributed by atoms with Crippen LogP contribution in [-0.2, 0) is 16.6 Å². The van der Waals surface area contributed by atoms with Crippen LogP contribution in [0.4, 0.5) is 4.39 Å². The second-order valence-corrected chi connectivity index (χ2v) is 11.3. The molecule has 0 atom stereocenters. The molecule has 1 aliphatic rings. The summed E-state index contributed by atoms with van der Waals surface area (Å²) in [6.07, 6.45) is 10.7. The number of aliphatic carboxylic acids is 1. The molecule has 0 spiro atoms. The molecule has 0 saturated heterocycles. The number of carboxylic acids is 1. The molecule has 2 N–H and O–H groups in total. The summed E-state index contributed by atoms with van der Waals surface area (Å²) in [4.78, 5) is 11.0. The fourth-order valence-corrected chi connectivity index (χ4v) is 6.28. The number of carbonyl (C=O) groups is 1. The first-order valence-electron chi connectivity index (χ1n) is 14.3. The maximum Gasteiger partial charge on any atom is 0.307 e. The Labute approximate surface area is 232 Å². The molecule has 0 amide bonds. The summed E-state index contributed by atoms with van der Waals surface area (Å²) in [6.45, 7) is 8.64. The van der Waals surface area contributed by atoms with Crippen molar-refractivity contribution in [2.45, 2.75) is 90.1 Å². The Bertz CT molecular complexity index is 1360. The highest BCUT2D eigenvalue weighted by Gasteiger charge is 2.31. The van der Waals surface area contributed by atoms with Crippen LogP contribution in [0.3, 0.4) is 0 Å². The molecular formula is C35H41FO3. The highest BCUT2D eigenvalue weighted by molar-refractivity contribution is 5.72. The molecule has 1 saturated carbocycles. The van der Waals surface area contributed by atoms with Gasteiger partial charge in [-0.2, -0.15) is 0 Å². The molecule has 1 aliphatic carbocycles. The van der Waals surface area contributed by atoms with Gasteiger partial charge in [0.2, 0.25) is 0 Å². The summed E-state index contributed by atoms with van der Waals surface area (Å²) in [5.41, 5.74) is 6.94. The molecule has 3 nitrogen and oxygen atoms in total. The van der Waals surface area contributed by atoms with Gasteiger partial charge in [0.15, 0.2) is 0 Å². The number of hydrogen-bond acceptors (Lipinski definition) is 2. The van der Waals surface area contributed by atoms with E-state index in [4.69, 9.17) is 5.11 Å². The second-order valence-electron chi connectivity index (χ2n) is 11.3. The zero-order valence-electron chi connectivity index (χ0n) is 23.7. The van der Waals surface area contributed by atoms with E-state index in [-0.39, 0.29) is 17.4 Å². The number of benzene rings is 3. The fraction of sp³-hybridized carbons (Fsp3) is 0.400. The van der Waals surface area contributed by atoms with Crippen LogP contribution in [0.2, 0.25) is 0 Å². The van der Waals surface area contributed by atoms with Crippen molar-refractivity contribution in [3.05, 3.63) is 99.9 Å². The zero-order valence-corrected chi connectivity index (χ0v) is 23.7. The van der Waals surface area contributed by atoms with Crippen LogP contribution < -0.4 is 0 Å². The smallest absolute Gasteiger partial charge is 0.307 e. The third-order valence-corrected chi connectivity index (χ3v) is 8.81. The summed E-state index contributed by atoms with van der Waals surface area (Å²) in [5, 5.41) is 19.9. The van der Waals surface area contributed by atoms with E-state index in [1.165, 1.54) is 29.2 Å². The quantitative estimate of drug-likeness (QED) is 0.292. The summed E-state index contributed by atoms with van der Waals surface area (Å²) in [7, 11) is 0. The Morgan fingerprint density at radius 3 is 2.13 bits per heavy atom. The van der Waals surface area contributed by atoms with Crippen LogP contribution in [-0.4, -0.2) is 21.8 Å². The van der Waals surface area contributed by atoms with Crippen LogP contribution in [0, 0.1) is 19.7 Å². The molecule has 0 aliphatic heterocycles. The first kappa shape index (κ1) is 28.8. The third kappa shape index (κ3) is 6.17. The number of carboxylic acid groups (broad SMARTS) is 1. The van der Waals surface area contributed by atoms with Crippen molar-refractivity contribution >= 4 is 12.0 Å². The highest BCUT2D eigenvalue weighted by Crippen LogP contribution is 2.41. The van der Waals surface area contributed by atoms with E-state index in [1.54, 1.807) is 12.1 Å². The van der Waals surface area contributed by atoms with E-state index >= 15 is 0 Å². The molecule has 4 rings (SSSR count). The third-order valence-electron chi connectivity index (χ3n) is 8.81. The lowest BCUT2D eigenvalue weighted by molar-refractivity contribution is -0.136. The first-order valence-corrected chi connectivity index (χ1v) is 14.3. The minimum Gasteiger partial charge on any atom is -0.481 e. The topological polar surface area (TPSA) is 57.5 Å². The van der Waals surface area contributed by atoms with Crippen molar-refractivity contribution < 1.29 is 19.4 Å². The van der Waals surface area contributed by atoms with Gasteiger partial charge in [-0.05, 0) is 90.1 Å². The fourth-order valence-electron chi connectivity index (χ4n) is 6.28. The minimum atomic E-state index is -1.04. The standard InChI is InChI=1S/C35H41FO3/c1-5-35(6-2,29-13-12-26(24(3)20-29)16-19-34(39)17-8-7-9-18-34)30-14-15-31(25(4)21-30)27-10-11-28(23-33(37)38)32(36)22-27/h10-16,19-22,39H,5-9,17-18,23H2,1-4H3,(H,37,38)/b19-16+. The summed E-state index contributed by atoms with van der Waals surface area (Å²) >= 11 is 0. The lowest BCUT2D eigenvalue weighted by atomic mass is 9.69. The van der Waals surface area contributed by atoms with Crippen LogP contribution >= 0.6 is 0 Å². The summed E-state index contributed by atoms with van der Waals surface area (Å²) in [5.74, 6) is -1.53. The van der Waals surface area contributed by atoms with Crippen LogP contribution in [0.25, 0.3) is 17.2 Å². The normalized spacial score (nSPS) is 15.5. The lowest BCUT2D eigenvalue weighted by Crippen LogP contribution is -2.28. The average molecular weight is 529 g/mol. The monoisotopic (exact) mass is 528 g/mol. The summed E-state index contributed by atoms with van der Waals surface area (Å²) < 4.78 is 14.6. The Hall–Kier alpha value is -3.24. The van der Waals surface area contributed by atoms with Crippen molar-refractivity contribution in [1.82, 2.24) is 0 Å². The van der Waals surface area contributed by atoms with Crippen LogP contribution in [0.15, 0.2) is 60.7 Å². The van der Waals surface area contributed by atoms with Gasteiger partial charge in [0.1, 0.15) is 5.82 Å². The molecule has 0 aromatic heterocycles. The van der Waals surface area contributed by atoms with Crippen molar-refractivity contribution in [2.24, 2.45) is 0 Å². The maximum absolute atomic E-state index is 14.6. The van der Waals surface area contributed by atoms with Gasteiger partial charge in [-0.15, -0.1) is 0 Å². The van der Waals surface area contributed by atoms with Gasteiger partial charge in [-0.1, -0.05) is 93.8 Å². The Morgan fingerprint density at radius 2 is 1.56 bits per heavy atom. The first-order chi connectivity index (χ1) is 18.6. The molecule has 4 heteroatoms. The number of halogens is 1. The van der Waals surface area contributed by atoms with Gasteiger partial charge in [0.05, 0.1) is 12.0 Å². The van der Waals surface area contributed by atoms with Crippen molar-refractivity contribution in [3.8, 4) is 11.1 Å². The number of hydrogen-bond donors (Lipinski definition) is 2. The van der Waals surface area contributed by atoms with E-state index in [0.717, 1.165) is 60.8 Å². The molecule has 39 heavy (non-hydrogen) atoms. The maximum atomic E-state index is 14.6. The molecule has 0 unspecified atom stereocenters. The van der Waals surface area contributed by atoms with Gasteiger partial charge in [0.25, 0.3) is 0 Å². The van der Waals surface area contributed by atoms with Gasteiger partial charge in [-0.3, -0.25) is 4.79 Å². The molecule has 0 heterocycles. The van der Waals surface area contributed by atoms with E-state index in [1.807, 2.05) is 13.0 Å². The van der Waals surface area contributed by atoms with Crippen molar-refractivity contribution in [2.75, 3.05) is 0 Å². The molecule has 3 aromatic carbocycles. The SMILES string of the molecule is CCC(CC)(c1ccc(/C=C/C2(O)CCCCC2)c(C)c1)c1ccc(-c2ccc(CC(=O)O)c(F)c2)c(C)c1. The number of aliphatic hydroxyl groups is 1. The Balaban J connectivity index is 1.65. The summed E-state index contributed by atoms with van der Waals surface area (Å²) in [6, 6.07) is 17.9. The molecule has 0 radical (unpaired) electrons. The van der Waals surface area contributed by atoms with Gasteiger partial charge in [-0.25, -0.2) is 4.39 Å². The molecule has 0 bridgehead atoms.